The third kappa shape index (κ3) is 5.00. The first-order chi connectivity index (χ1) is 16.1. The molecular formula is C26H30N2O6. The molecule has 2 aromatic carbocycles. The molecule has 0 bridgehead atoms. The Balaban J connectivity index is 1.32. The molecule has 1 unspecified atom stereocenters. The first-order valence-corrected chi connectivity index (χ1v) is 11.5. The maximum Gasteiger partial charge on any atom is 0.411 e. The van der Waals surface area contributed by atoms with Crippen LogP contribution in [0.3, 0.4) is 0 Å². The van der Waals surface area contributed by atoms with E-state index in [1.54, 1.807) is 20.8 Å². The van der Waals surface area contributed by atoms with Crippen molar-refractivity contribution in [1.82, 2.24) is 10.2 Å². The van der Waals surface area contributed by atoms with Crippen molar-refractivity contribution < 1.29 is 29.0 Å². The number of carbonyl (C=O) groups excluding carboxylic acids is 2. The molecule has 1 heterocycles. The van der Waals surface area contributed by atoms with Gasteiger partial charge in [-0.15, -0.1) is 0 Å². The minimum Gasteiger partial charge on any atom is -0.480 e. The van der Waals surface area contributed by atoms with Crippen molar-refractivity contribution in [3.8, 4) is 11.1 Å². The summed E-state index contributed by atoms with van der Waals surface area (Å²) < 4.78 is 10.9. The highest BCUT2D eigenvalue weighted by molar-refractivity contribution is 5.81. The molecule has 0 aromatic heterocycles. The molecule has 2 aromatic rings. The van der Waals surface area contributed by atoms with Crippen LogP contribution in [0, 0.1) is 5.92 Å². The van der Waals surface area contributed by atoms with Crippen molar-refractivity contribution in [1.29, 1.82) is 0 Å². The fraction of sp³-hybridized carbons (Fsp3) is 0.423. The van der Waals surface area contributed by atoms with E-state index in [2.05, 4.69) is 29.6 Å². The van der Waals surface area contributed by atoms with E-state index < -0.39 is 29.8 Å². The normalized spacial score (nSPS) is 19.3. The summed E-state index contributed by atoms with van der Waals surface area (Å²) >= 11 is 0. The van der Waals surface area contributed by atoms with Gasteiger partial charge in [-0.3, -0.25) is 4.90 Å². The highest BCUT2D eigenvalue weighted by atomic mass is 16.6. The zero-order valence-electron chi connectivity index (χ0n) is 19.6. The molecule has 4 rings (SSSR count). The highest BCUT2D eigenvalue weighted by Gasteiger charge is 2.41. The van der Waals surface area contributed by atoms with Crippen LogP contribution in [0.2, 0.25) is 0 Å². The smallest absolute Gasteiger partial charge is 0.411 e. The molecule has 8 nitrogen and oxygen atoms in total. The Bertz CT molecular complexity index is 1050. The zero-order chi connectivity index (χ0) is 24.5. The Labute approximate surface area is 198 Å². The maximum absolute atomic E-state index is 12.4. The molecule has 0 spiro atoms. The van der Waals surface area contributed by atoms with E-state index in [0.29, 0.717) is 0 Å². The number of alkyl carbamates (subject to hydrolysis) is 1. The van der Waals surface area contributed by atoms with Crippen LogP contribution in [-0.4, -0.2) is 59.5 Å². The van der Waals surface area contributed by atoms with E-state index in [1.165, 1.54) is 4.90 Å². The number of benzene rings is 2. The lowest BCUT2D eigenvalue weighted by Crippen LogP contribution is -2.43. The number of aliphatic carboxylic acids is 1. The van der Waals surface area contributed by atoms with Crippen LogP contribution in [0.15, 0.2) is 48.5 Å². The van der Waals surface area contributed by atoms with Crippen molar-refractivity contribution in [2.75, 3.05) is 19.7 Å². The van der Waals surface area contributed by atoms with Crippen molar-refractivity contribution in [2.24, 2.45) is 5.92 Å². The van der Waals surface area contributed by atoms with E-state index in [9.17, 15) is 19.5 Å². The van der Waals surface area contributed by atoms with Gasteiger partial charge in [-0.05, 0) is 55.4 Å². The van der Waals surface area contributed by atoms with Gasteiger partial charge in [0.2, 0.25) is 0 Å². The SMILES string of the molecule is CC(C)(C)OC(=O)N1CC(CNC(=O)OCC2c3ccccc3-c3ccccc32)C[C@H]1C(=O)O. The molecule has 1 saturated heterocycles. The molecule has 2 aliphatic rings. The Hall–Kier alpha value is -3.55. The Morgan fingerprint density at radius 3 is 2.18 bits per heavy atom. The number of carbonyl (C=O) groups is 3. The van der Waals surface area contributed by atoms with Crippen LogP contribution in [0.1, 0.15) is 44.2 Å². The predicted octanol–water partition coefficient (Wildman–Crippen LogP) is 4.24. The molecule has 180 valence electrons. The number of hydrogen-bond acceptors (Lipinski definition) is 5. The summed E-state index contributed by atoms with van der Waals surface area (Å²) in [4.78, 5) is 37.8. The number of carboxylic acid groups (broad SMARTS) is 1. The molecule has 1 aliphatic heterocycles. The van der Waals surface area contributed by atoms with Crippen molar-refractivity contribution >= 4 is 18.2 Å². The minimum atomic E-state index is -1.09. The highest BCUT2D eigenvalue weighted by Crippen LogP contribution is 2.44. The number of amides is 2. The van der Waals surface area contributed by atoms with Crippen molar-refractivity contribution in [3.63, 3.8) is 0 Å². The number of hydrogen-bond donors (Lipinski definition) is 2. The lowest BCUT2D eigenvalue weighted by Gasteiger charge is -2.26. The fourth-order valence-electron chi connectivity index (χ4n) is 4.70. The average molecular weight is 467 g/mol. The number of rotatable bonds is 5. The van der Waals surface area contributed by atoms with Crippen molar-refractivity contribution in [3.05, 3.63) is 59.7 Å². The van der Waals surface area contributed by atoms with E-state index in [1.807, 2.05) is 24.3 Å². The molecule has 1 fully saturated rings. The first-order valence-electron chi connectivity index (χ1n) is 11.5. The Kier molecular flexibility index (Phi) is 6.50. The van der Waals surface area contributed by atoms with Gasteiger partial charge in [-0.25, -0.2) is 14.4 Å². The van der Waals surface area contributed by atoms with Crippen LogP contribution in [0.25, 0.3) is 11.1 Å². The number of likely N-dealkylation sites (tertiary alicyclic amines) is 1. The van der Waals surface area contributed by atoms with Crippen LogP contribution in [0.5, 0.6) is 0 Å². The fourth-order valence-corrected chi connectivity index (χ4v) is 4.70. The van der Waals surface area contributed by atoms with Gasteiger partial charge in [0.05, 0.1) is 0 Å². The second-order valence-corrected chi connectivity index (χ2v) is 9.79. The predicted molar refractivity (Wildman–Crippen MR) is 126 cm³/mol. The van der Waals surface area contributed by atoms with E-state index in [4.69, 9.17) is 9.47 Å². The van der Waals surface area contributed by atoms with Crippen LogP contribution in [-0.2, 0) is 14.3 Å². The van der Waals surface area contributed by atoms with Gasteiger partial charge < -0.3 is 19.9 Å². The summed E-state index contributed by atoms with van der Waals surface area (Å²) in [5.74, 6) is -1.34. The van der Waals surface area contributed by atoms with E-state index >= 15 is 0 Å². The number of nitrogens with zero attached hydrogens (tertiary/aromatic N) is 1. The standard InChI is InChI=1S/C26H30N2O6/c1-26(2,3)34-25(32)28-14-16(12-22(28)23(29)30)13-27-24(31)33-15-21-19-10-6-4-8-17(19)18-9-5-7-11-20(18)21/h4-11,16,21-22H,12-15H2,1-3H3,(H,27,31)(H,29,30)/t16?,22-/m0/s1. The number of ether oxygens (including phenoxy) is 2. The van der Waals surface area contributed by atoms with Crippen LogP contribution < -0.4 is 5.32 Å². The molecule has 2 amide bonds. The monoisotopic (exact) mass is 466 g/mol. The molecule has 0 saturated carbocycles. The van der Waals surface area contributed by atoms with Crippen LogP contribution >= 0.6 is 0 Å². The van der Waals surface area contributed by atoms with Gasteiger partial charge in [0.1, 0.15) is 18.2 Å². The molecule has 2 atom stereocenters. The summed E-state index contributed by atoms with van der Waals surface area (Å²) in [5, 5.41) is 12.3. The zero-order valence-corrected chi connectivity index (χ0v) is 19.6. The third-order valence-electron chi connectivity index (χ3n) is 6.18. The van der Waals surface area contributed by atoms with Crippen molar-refractivity contribution in [2.45, 2.75) is 44.8 Å². The maximum atomic E-state index is 12.4. The number of nitrogens with one attached hydrogen (secondary N) is 1. The van der Waals surface area contributed by atoms with Gasteiger partial charge in [0.15, 0.2) is 0 Å². The lowest BCUT2D eigenvalue weighted by molar-refractivity contribution is -0.142. The molecule has 2 N–H and O–H groups in total. The lowest BCUT2D eigenvalue weighted by atomic mass is 9.98. The second-order valence-electron chi connectivity index (χ2n) is 9.79. The Morgan fingerprint density at radius 2 is 1.62 bits per heavy atom. The second kappa shape index (κ2) is 9.37. The quantitative estimate of drug-likeness (QED) is 0.683. The number of carboxylic acids is 1. The molecule has 0 radical (unpaired) electrons. The number of fused-ring (bicyclic) bond motifs is 3. The first kappa shape index (κ1) is 23.6. The van der Waals surface area contributed by atoms with Gasteiger partial charge in [-0.2, -0.15) is 0 Å². The van der Waals surface area contributed by atoms with E-state index in [-0.39, 0.29) is 38.0 Å². The Morgan fingerprint density at radius 1 is 1.03 bits per heavy atom. The summed E-state index contributed by atoms with van der Waals surface area (Å²) in [5.41, 5.74) is 3.84. The average Bonchev–Trinajstić information content (AvgIpc) is 3.35. The minimum absolute atomic E-state index is 0.0383. The van der Waals surface area contributed by atoms with Gasteiger partial charge >= 0.3 is 18.2 Å². The molecular weight excluding hydrogens is 436 g/mol. The summed E-state index contributed by atoms with van der Waals surface area (Å²) in [6, 6.07) is 15.2. The van der Waals surface area contributed by atoms with Gasteiger partial charge in [-0.1, -0.05) is 48.5 Å². The topological polar surface area (TPSA) is 105 Å². The van der Waals surface area contributed by atoms with E-state index in [0.717, 1.165) is 22.3 Å². The summed E-state index contributed by atoms with van der Waals surface area (Å²) in [7, 11) is 0. The largest absolute Gasteiger partial charge is 0.480 e. The molecule has 34 heavy (non-hydrogen) atoms. The molecule has 8 heteroatoms. The van der Waals surface area contributed by atoms with Crippen LogP contribution in [0.4, 0.5) is 9.59 Å². The van der Waals surface area contributed by atoms with Gasteiger partial charge in [0, 0.05) is 19.0 Å². The summed E-state index contributed by atoms with van der Waals surface area (Å²) in [6.45, 7) is 5.79. The third-order valence-corrected chi connectivity index (χ3v) is 6.18. The summed E-state index contributed by atoms with van der Waals surface area (Å²) in [6.07, 6.45) is -0.994. The molecule has 1 aliphatic carbocycles. The van der Waals surface area contributed by atoms with Gasteiger partial charge in [0.25, 0.3) is 0 Å².